The molecule has 0 aromatic carbocycles. The molecule has 1 nitrogen and oxygen atoms in total. The molecule has 0 bridgehead atoms. The molecule has 1 rings (SSSR count). The van der Waals surface area contributed by atoms with Crippen molar-refractivity contribution in [3.63, 3.8) is 0 Å². The van der Waals surface area contributed by atoms with Crippen molar-refractivity contribution in [2.24, 2.45) is 5.41 Å². The third-order valence-corrected chi connectivity index (χ3v) is 3.21. The minimum absolute atomic E-state index is 0.198. The van der Waals surface area contributed by atoms with Gasteiger partial charge in [0.2, 0.25) is 0 Å². The van der Waals surface area contributed by atoms with E-state index in [1.54, 1.807) is 0 Å². The van der Waals surface area contributed by atoms with E-state index >= 15 is 0 Å². The predicted molar refractivity (Wildman–Crippen MR) is 64.8 cm³/mol. The number of hydrogen-bond donors (Lipinski definition) is 0. The maximum Gasteiger partial charge on any atom is 0.162 e. The summed E-state index contributed by atoms with van der Waals surface area (Å²) in [6.45, 7) is 10.7. The van der Waals surface area contributed by atoms with Crippen molar-refractivity contribution in [2.75, 3.05) is 0 Å². The minimum atomic E-state index is 0.198. The summed E-state index contributed by atoms with van der Waals surface area (Å²) >= 11 is 0. The van der Waals surface area contributed by atoms with Gasteiger partial charge in [0.05, 0.1) is 0 Å². The Bertz CT molecular complexity index is 325. The summed E-state index contributed by atoms with van der Waals surface area (Å²) in [6.07, 6.45) is 4.74. The van der Waals surface area contributed by atoms with Gasteiger partial charge in [-0.3, -0.25) is 4.79 Å². The second kappa shape index (κ2) is 4.34. The van der Waals surface area contributed by atoms with E-state index in [9.17, 15) is 4.79 Å². The van der Waals surface area contributed by atoms with Gasteiger partial charge in [-0.05, 0) is 32.1 Å². The normalized spacial score (nSPS) is 20.5. The molecule has 0 unspecified atom stereocenters. The number of carbonyl (C=O) groups is 1. The highest BCUT2D eigenvalue weighted by Crippen LogP contribution is 2.40. The lowest BCUT2D eigenvalue weighted by Crippen LogP contribution is -2.25. The van der Waals surface area contributed by atoms with Crippen molar-refractivity contribution in [1.29, 1.82) is 0 Å². The standard InChI is InChI=1S/C14H22O/c1-6-12-11(9-10(2)3)13(15)7-8-14(12,4)5/h9H,6-8H2,1-5H3. The first-order chi connectivity index (χ1) is 6.88. The molecular formula is C14H22O. The van der Waals surface area contributed by atoms with E-state index in [0.717, 1.165) is 18.4 Å². The van der Waals surface area contributed by atoms with Crippen LogP contribution in [-0.4, -0.2) is 5.78 Å². The molecule has 0 aromatic heterocycles. The highest BCUT2D eigenvalue weighted by atomic mass is 16.1. The van der Waals surface area contributed by atoms with Gasteiger partial charge in [0.1, 0.15) is 0 Å². The average molecular weight is 206 g/mol. The van der Waals surface area contributed by atoms with Gasteiger partial charge < -0.3 is 0 Å². The first kappa shape index (κ1) is 12.2. The Morgan fingerprint density at radius 2 is 2.00 bits per heavy atom. The quantitative estimate of drug-likeness (QED) is 0.666. The molecule has 0 aliphatic heterocycles. The lowest BCUT2D eigenvalue weighted by Gasteiger charge is -2.33. The van der Waals surface area contributed by atoms with Crippen molar-refractivity contribution in [1.82, 2.24) is 0 Å². The zero-order valence-corrected chi connectivity index (χ0v) is 10.6. The zero-order chi connectivity index (χ0) is 11.6. The first-order valence-electron chi connectivity index (χ1n) is 5.80. The molecule has 0 saturated carbocycles. The van der Waals surface area contributed by atoms with E-state index in [-0.39, 0.29) is 5.41 Å². The van der Waals surface area contributed by atoms with Crippen LogP contribution in [0.4, 0.5) is 0 Å². The third-order valence-electron chi connectivity index (χ3n) is 3.21. The van der Waals surface area contributed by atoms with Crippen LogP contribution in [-0.2, 0) is 4.79 Å². The Hall–Kier alpha value is -0.850. The number of Topliss-reactive ketones (excluding diaryl/α,β-unsaturated/α-hetero) is 1. The van der Waals surface area contributed by atoms with Crippen LogP contribution in [0.5, 0.6) is 0 Å². The summed E-state index contributed by atoms with van der Waals surface area (Å²) in [5.41, 5.74) is 3.72. The molecule has 0 amide bonds. The molecule has 0 spiro atoms. The van der Waals surface area contributed by atoms with E-state index in [2.05, 4.69) is 40.7 Å². The SMILES string of the molecule is CCC1=C(C=C(C)C)C(=O)CCC1(C)C. The van der Waals surface area contributed by atoms with Crippen LogP contribution < -0.4 is 0 Å². The number of carbonyl (C=O) groups excluding carboxylic acids is 1. The fourth-order valence-corrected chi connectivity index (χ4v) is 2.37. The predicted octanol–water partition coefficient (Wildman–Crippen LogP) is 4.05. The number of allylic oxidation sites excluding steroid dienone is 4. The van der Waals surface area contributed by atoms with Crippen LogP contribution in [0, 0.1) is 5.41 Å². The summed E-state index contributed by atoms with van der Waals surface area (Å²) in [6, 6.07) is 0. The second-order valence-electron chi connectivity index (χ2n) is 5.27. The molecule has 0 atom stereocenters. The molecule has 1 heteroatoms. The van der Waals surface area contributed by atoms with E-state index in [4.69, 9.17) is 0 Å². The van der Waals surface area contributed by atoms with Gasteiger partial charge in [0, 0.05) is 12.0 Å². The Kier molecular flexibility index (Phi) is 3.54. The van der Waals surface area contributed by atoms with Crippen LogP contribution in [0.25, 0.3) is 0 Å². The smallest absolute Gasteiger partial charge is 0.162 e. The third kappa shape index (κ3) is 2.58. The van der Waals surface area contributed by atoms with Gasteiger partial charge in [0.15, 0.2) is 5.78 Å². The molecule has 84 valence electrons. The van der Waals surface area contributed by atoms with Gasteiger partial charge in [0.25, 0.3) is 0 Å². The maximum atomic E-state index is 11.9. The summed E-state index contributed by atoms with van der Waals surface area (Å²) in [4.78, 5) is 11.9. The van der Waals surface area contributed by atoms with Crippen LogP contribution in [0.15, 0.2) is 22.8 Å². The van der Waals surface area contributed by atoms with Gasteiger partial charge in [-0.1, -0.05) is 38.0 Å². The lowest BCUT2D eigenvalue weighted by atomic mass is 9.71. The molecule has 0 N–H and O–H groups in total. The van der Waals surface area contributed by atoms with Gasteiger partial charge >= 0.3 is 0 Å². The topological polar surface area (TPSA) is 17.1 Å². The fourth-order valence-electron chi connectivity index (χ4n) is 2.37. The van der Waals surface area contributed by atoms with E-state index in [0.29, 0.717) is 12.2 Å². The van der Waals surface area contributed by atoms with Crippen LogP contribution in [0.1, 0.15) is 53.9 Å². The Balaban J connectivity index is 3.27. The van der Waals surface area contributed by atoms with Crippen molar-refractivity contribution >= 4 is 5.78 Å². The van der Waals surface area contributed by atoms with Gasteiger partial charge in [-0.25, -0.2) is 0 Å². The van der Waals surface area contributed by atoms with Crippen molar-refractivity contribution in [3.8, 4) is 0 Å². The Morgan fingerprint density at radius 3 is 2.47 bits per heavy atom. The van der Waals surface area contributed by atoms with Crippen molar-refractivity contribution in [2.45, 2.75) is 53.9 Å². The average Bonchev–Trinajstić information content (AvgIpc) is 2.11. The minimum Gasteiger partial charge on any atom is -0.294 e. The maximum absolute atomic E-state index is 11.9. The lowest BCUT2D eigenvalue weighted by molar-refractivity contribution is -0.116. The number of rotatable bonds is 2. The van der Waals surface area contributed by atoms with Gasteiger partial charge in [-0.2, -0.15) is 0 Å². The Morgan fingerprint density at radius 1 is 1.40 bits per heavy atom. The first-order valence-corrected chi connectivity index (χ1v) is 5.80. The molecule has 0 saturated heterocycles. The second-order valence-corrected chi connectivity index (χ2v) is 5.27. The largest absolute Gasteiger partial charge is 0.294 e. The molecule has 0 aromatic rings. The highest BCUT2D eigenvalue weighted by molar-refractivity contribution is 6.00. The van der Waals surface area contributed by atoms with E-state index in [1.807, 2.05) is 0 Å². The highest BCUT2D eigenvalue weighted by Gasteiger charge is 2.31. The molecular weight excluding hydrogens is 184 g/mol. The van der Waals surface area contributed by atoms with Crippen molar-refractivity contribution < 1.29 is 4.79 Å². The molecule has 15 heavy (non-hydrogen) atoms. The van der Waals surface area contributed by atoms with Crippen LogP contribution >= 0.6 is 0 Å². The number of ketones is 1. The molecule has 1 aliphatic rings. The van der Waals surface area contributed by atoms with Crippen molar-refractivity contribution in [3.05, 3.63) is 22.8 Å². The summed E-state index contributed by atoms with van der Waals surface area (Å²) < 4.78 is 0. The summed E-state index contributed by atoms with van der Waals surface area (Å²) in [5, 5.41) is 0. The van der Waals surface area contributed by atoms with E-state index < -0.39 is 0 Å². The van der Waals surface area contributed by atoms with Gasteiger partial charge in [-0.15, -0.1) is 0 Å². The monoisotopic (exact) mass is 206 g/mol. The van der Waals surface area contributed by atoms with E-state index in [1.165, 1.54) is 11.1 Å². The molecule has 0 fully saturated rings. The summed E-state index contributed by atoms with van der Waals surface area (Å²) in [5.74, 6) is 0.326. The Labute approximate surface area is 93.3 Å². The van der Waals surface area contributed by atoms with Crippen LogP contribution in [0.2, 0.25) is 0 Å². The molecule has 0 heterocycles. The fraction of sp³-hybridized carbons (Fsp3) is 0.643. The van der Waals surface area contributed by atoms with Crippen LogP contribution in [0.3, 0.4) is 0 Å². The molecule has 1 aliphatic carbocycles. The number of hydrogen-bond acceptors (Lipinski definition) is 1. The zero-order valence-electron chi connectivity index (χ0n) is 10.6. The molecule has 0 radical (unpaired) electrons. The summed E-state index contributed by atoms with van der Waals surface area (Å²) in [7, 11) is 0.